The lowest BCUT2D eigenvalue weighted by molar-refractivity contribution is 0.588. The topological polar surface area (TPSA) is 40.6 Å². The van der Waals surface area contributed by atoms with Gasteiger partial charge in [0.15, 0.2) is 0 Å². The van der Waals surface area contributed by atoms with Crippen LogP contribution in [0.3, 0.4) is 0 Å². The largest absolute Gasteiger partial charge is 0.371 e. The van der Waals surface area contributed by atoms with E-state index in [-0.39, 0.29) is 5.75 Å². The molecule has 0 spiro atoms. The molecule has 0 saturated carbocycles. The SMILES string of the molecule is Cc1ccccc1CS(=O)(=O)N1CCN(C)c2ccccc21. The van der Waals surface area contributed by atoms with Crippen molar-refractivity contribution in [1.29, 1.82) is 0 Å². The van der Waals surface area contributed by atoms with Gasteiger partial charge in [0.2, 0.25) is 10.0 Å². The second-order valence-corrected chi connectivity index (χ2v) is 7.56. The van der Waals surface area contributed by atoms with Crippen molar-refractivity contribution in [2.24, 2.45) is 0 Å². The van der Waals surface area contributed by atoms with Crippen LogP contribution in [0.4, 0.5) is 11.4 Å². The van der Waals surface area contributed by atoms with Crippen LogP contribution in [0.1, 0.15) is 11.1 Å². The number of hydrogen-bond donors (Lipinski definition) is 0. The minimum absolute atomic E-state index is 0.0394. The Bertz CT molecular complexity index is 787. The van der Waals surface area contributed by atoms with Gasteiger partial charge in [0.05, 0.1) is 23.7 Å². The normalized spacial score (nSPS) is 14.8. The molecule has 116 valence electrons. The van der Waals surface area contributed by atoms with Crippen LogP contribution in [0.25, 0.3) is 0 Å². The third-order valence-electron chi connectivity index (χ3n) is 4.14. The van der Waals surface area contributed by atoms with Crippen molar-refractivity contribution in [3.8, 4) is 0 Å². The van der Waals surface area contributed by atoms with Crippen LogP contribution in [0.5, 0.6) is 0 Å². The van der Waals surface area contributed by atoms with Crippen molar-refractivity contribution in [1.82, 2.24) is 0 Å². The van der Waals surface area contributed by atoms with Gasteiger partial charge in [-0.15, -0.1) is 0 Å². The molecular weight excluding hydrogens is 296 g/mol. The van der Waals surface area contributed by atoms with Gasteiger partial charge < -0.3 is 4.90 Å². The minimum Gasteiger partial charge on any atom is -0.371 e. The fraction of sp³-hybridized carbons (Fsp3) is 0.294. The van der Waals surface area contributed by atoms with Crippen molar-refractivity contribution in [2.45, 2.75) is 12.7 Å². The predicted octanol–water partition coefficient (Wildman–Crippen LogP) is 2.78. The van der Waals surface area contributed by atoms with Crippen LogP contribution in [-0.2, 0) is 15.8 Å². The Hall–Kier alpha value is -2.01. The molecular formula is C17H20N2O2S. The number of nitrogens with zero attached hydrogens (tertiary/aromatic N) is 2. The summed E-state index contributed by atoms with van der Waals surface area (Å²) >= 11 is 0. The van der Waals surface area contributed by atoms with E-state index in [9.17, 15) is 8.42 Å². The molecule has 1 aliphatic heterocycles. The molecule has 0 N–H and O–H groups in total. The van der Waals surface area contributed by atoms with Gasteiger partial charge in [0.1, 0.15) is 0 Å². The number of para-hydroxylation sites is 2. The van der Waals surface area contributed by atoms with Crippen molar-refractivity contribution in [2.75, 3.05) is 29.3 Å². The van der Waals surface area contributed by atoms with Crippen molar-refractivity contribution < 1.29 is 8.42 Å². The van der Waals surface area contributed by atoms with Crippen molar-refractivity contribution in [3.63, 3.8) is 0 Å². The van der Waals surface area contributed by atoms with Gasteiger partial charge >= 0.3 is 0 Å². The Morgan fingerprint density at radius 3 is 2.32 bits per heavy atom. The van der Waals surface area contributed by atoms with Gasteiger partial charge in [-0.1, -0.05) is 36.4 Å². The maximum atomic E-state index is 12.9. The Labute approximate surface area is 132 Å². The molecule has 0 atom stereocenters. The smallest absolute Gasteiger partial charge is 0.239 e. The molecule has 0 aromatic heterocycles. The molecule has 2 aromatic carbocycles. The van der Waals surface area contributed by atoms with Gasteiger partial charge in [-0.25, -0.2) is 8.42 Å². The van der Waals surface area contributed by atoms with Crippen LogP contribution >= 0.6 is 0 Å². The average Bonchev–Trinajstić information content (AvgIpc) is 2.50. The molecule has 0 amide bonds. The van der Waals surface area contributed by atoms with Gasteiger partial charge in [-0.3, -0.25) is 4.31 Å². The lowest BCUT2D eigenvalue weighted by atomic mass is 10.1. The first kappa shape index (κ1) is 14.9. The van der Waals surface area contributed by atoms with Gasteiger partial charge in [0.25, 0.3) is 0 Å². The van der Waals surface area contributed by atoms with E-state index in [2.05, 4.69) is 4.90 Å². The van der Waals surface area contributed by atoms with E-state index >= 15 is 0 Å². The Morgan fingerprint density at radius 2 is 1.59 bits per heavy atom. The highest BCUT2D eigenvalue weighted by atomic mass is 32.2. The summed E-state index contributed by atoms with van der Waals surface area (Å²) in [4.78, 5) is 2.09. The summed E-state index contributed by atoms with van der Waals surface area (Å²) in [5, 5.41) is 0. The quantitative estimate of drug-likeness (QED) is 0.874. The molecule has 1 aliphatic rings. The summed E-state index contributed by atoms with van der Waals surface area (Å²) in [7, 11) is -1.40. The maximum Gasteiger partial charge on any atom is 0.239 e. The summed E-state index contributed by atoms with van der Waals surface area (Å²) < 4.78 is 27.3. The zero-order chi connectivity index (χ0) is 15.7. The summed E-state index contributed by atoms with van der Waals surface area (Å²) in [5.74, 6) is 0.0394. The van der Waals surface area contributed by atoms with Crippen molar-refractivity contribution >= 4 is 21.4 Å². The molecule has 2 aromatic rings. The van der Waals surface area contributed by atoms with E-state index in [1.165, 1.54) is 0 Å². The van der Waals surface area contributed by atoms with Crippen molar-refractivity contribution in [3.05, 3.63) is 59.7 Å². The van der Waals surface area contributed by atoms with Crippen LogP contribution < -0.4 is 9.21 Å². The Morgan fingerprint density at radius 1 is 0.955 bits per heavy atom. The molecule has 3 rings (SSSR count). The predicted molar refractivity (Wildman–Crippen MR) is 90.9 cm³/mol. The zero-order valence-corrected chi connectivity index (χ0v) is 13.7. The van der Waals surface area contributed by atoms with E-state index in [4.69, 9.17) is 0 Å². The standard InChI is InChI=1S/C17H20N2O2S/c1-14-7-3-4-8-15(14)13-22(20,21)19-12-11-18(2)16-9-5-6-10-17(16)19/h3-10H,11-13H2,1-2H3. The van der Waals surface area contributed by atoms with E-state index in [1.807, 2.05) is 62.5 Å². The molecule has 0 saturated heterocycles. The van der Waals surface area contributed by atoms with Gasteiger partial charge in [-0.05, 0) is 30.2 Å². The molecule has 22 heavy (non-hydrogen) atoms. The summed E-state index contributed by atoms with van der Waals surface area (Å²) in [6, 6.07) is 15.3. The zero-order valence-electron chi connectivity index (χ0n) is 12.9. The molecule has 5 heteroatoms. The number of benzene rings is 2. The fourth-order valence-corrected chi connectivity index (χ4v) is 4.50. The first-order valence-electron chi connectivity index (χ1n) is 7.34. The van der Waals surface area contributed by atoms with Crippen LogP contribution in [0, 0.1) is 6.92 Å². The average molecular weight is 316 g/mol. The number of sulfonamides is 1. The lowest BCUT2D eigenvalue weighted by Crippen LogP contribution is -2.43. The molecule has 4 nitrogen and oxygen atoms in total. The Balaban J connectivity index is 1.97. The second-order valence-electron chi connectivity index (χ2n) is 5.67. The van der Waals surface area contributed by atoms with Crippen LogP contribution in [-0.4, -0.2) is 28.6 Å². The summed E-state index contributed by atoms with van der Waals surface area (Å²) in [6.45, 7) is 3.13. The first-order chi connectivity index (χ1) is 10.5. The van der Waals surface area contributed by atoms with Gasteiger partial charge in [0, 0.05) is 13.6 Å². The highest BCUT2D eigenvalue weighted by Gasteiger charge is 2.29. The molecule has 0 radical (unpaired) electrons. The molecule has 0 unspecified atom stereocenters. The molecule has 0 aliphatic carbocycles. The van der Waals surface area contributed by atoms with Crippen LogP contribution in [0.15, 0.2) is 48.5 Å². The third kappa shape index (κ3) is 2.68. The van der Waals surface area contributed by atoms with E-state index < -0.39 is 10.0 Å². The van der Waals surface area contributed by atoms with Crippen LogP contribution in [0.2, 0.25) is 0 Å². The minimum atomic E-state index is -3.39. The Kier molecular flexibility index (Phi) is 3.83. The molecule has 0 fully saturated rings. The fourth-order valence-electron chi connectivity index (χ4n) is 2.81. The molecule has 1 heterocycles. The highest BCUT2D eigenvalue weighted by molar-refractivity contribution is 7.92. The monoisotopic (exact) mass is 316 g/mol. The number of hydrogen-bond acceptors (Lipinski definition) is 3. The number of aryl methyl sites for hydroxylation is 1. The highest BCUT2D eigenvalue weighted by Crippen LogP contribution is 2.34. The third-order valence-corrected chi connectivity index (χ3v) is 5.86. The van der Waals surface area contributed by atoms with E-state index in [1.54, 1.807) is 4.31 Å². The number of likely N-dealkylation sites (N-methyl/N-ethyl adjacent to an activating group) is 1. The molecule has 0 bridgehead atoms. The number of anilines is 2. The summed E-state index contributed by atoms with van der Waals surface area (Å²) in [6.07, 6.45) is 0. The second kappa shape index (κ2) is 5.65. The number of fused-ring (bicyclic) bond motifs is 1. The van der Waals surface area contributed by atoms with Gasteiger partial charge in [-0.2, -0.15) is 0 Å². The first-order valence-corrected chi connectivity index (χ1v) is 8.95. The lowest BCUT2D eigenvalue weighted by Gasteiger charge is -2.36. The number of rotatable bonds is 3. The van der Waals surface area contributed by atoms with E-state index in [0.29, 0.717) is 13.1 Å². The maximum absolute atomic E-state index is 12.9. The van der Waals surface area contributed by atoms with E-state index in [0.717, 1.165) is 22.5 Å². The summed E-state index contributed by atoms with van der Waals surface area (Å²) in [5.41, 5.74) is 3.60.